The van der Waals surface area contributed by atoms with Crippen LogP contribution in [0.15, 0.2) is 27.6 Å². The fraction of sp³-hybridized carbons (Fsp3) is 0.417. The van der Waals surface area contributed by atoms with E-state index in [1.165, 1.54) is 6.07 Å². The number of hydrogen-bond acceptors (Lipinski definition) is 3. The van der Waals surface area contributed by atoms with E-state index in [0.29, 0.717) is 4.47 Å². The number of amides is 1. The summed E-state index contributed by atoms with van der Waals surface area (Å²) in [5, 5.41) is 0. The van der Waals surface area contributed by atoms with Gasteiger partial charge in [0, 0.05) is 16.4 Å². The second kappa shape index (κ2) is 5.60. The Balaban J connectivity index is 3.08. The highest BCUT2D eigenvalue weighted by atomic mass is 79.9. The number of benzene rings is 1. The molecule has 1 aromatic carbocycles. The number of aryl methyl sites for hydroxylation is 1. The van der Waals surface area contributed by atoms with E-state index in [4.69, 9.17) is 5.73 Å². The molecule has 5 nitrogen and oxygen atoms in total. The number of nitrogens with one attached hydrogen (secondary N) is 1. The molecular formula is C12H17BrN2O3S. The molecule has 0 aliphatic carbocycles. The van der Waals surface area contributed by atoms with Gasteiger partial charge in [-0.15, -0.1) is 0 Å². The maximum Gasteiger partial charge on any atom is 0.242 e. The lowest BCUT2D eigenvalue weighted by atomic mass is 10.0. The van der Waals surface area contributed by atoms with Crippen LogP contribution in [-0.2, 0) is 14.8 Å². The van der Waals surface area contributed by atoms with E-state index < -0.39 is 21.5 Å². The minimum Gasteiger partial charge on any atom is -0.370 e. The van der Waals surface area contributed by atoms with Crippen molar-refractivity contribution in [2.75, 3.05) is 0 Å². The van der Waals surface area contributed by atoms with E-state index in [9.17, 15) is 13.2 Å². The summed E-state index contributed by atoms with van der Waals surface area (Å²) in [7, 11) is -3.72. The van der Waals surface area contributed by atoms with Gasteiger partial charge in [0.1, 0.15) is 0 Å². The Labute approximate surface area is 121 Å². The van der Waals surface area contributed by atoms with Crippen molar-refractivity contribution in [1.82, 2.24) is 4.72 Å². The lowest BCUT2D eigenvalue weighted by Gasteiger charge is -2.24. The van der Waals surface area contributed by atoms with Crippen LogP contribution in [0.3, 0.4) is 0 Å². The number of sulfonamides is 1. The number of nitrogens with two attached hydrogens (primary N) is 1. The fourth-order valence-electron chi connectivity index (χ4n) is 1.71. The standard InChI is InChI=1S/C12H17BrN2O3S/c1-8-4-5-10(9(13)6-8)19(17,18)15-12(2,3)7-11(14)16/h4-6,15H,7H2,1-3H3,(H2,14,16). The van der Waals surface area contributed by atoms with Gasteiger partial charge in [-0.1, -0.05) is 6.07 Å². The average molecular weight is 349 g/mol. The number of carbonyl (C=O) groups is 1. The first-order chi connectivity index (χ1) is 8.53. The normalized spacial score (nSPS) is 12.4. The van der Waals surface area contributed by atoms with Crippen LogP contribution < -0.4 is 10.5 Å². The Bertz CT molecular complexity index is 597. The van der Waals surface area contributed by atoms with Gasteiger partial charge in [0.05, 0.1) is 4.90 Å². The second-order valence-corrected chi connectivity index (χ2v) is 7.57. The number of hydrogen-bond donors (Lipinski definition) is 2. The molecular weight excluding hydrogens is 332 g/mol. The van der Waals surface area contributed by atoms with Crippen LogP contribution in [0.5, 0.6) is 0 Å². The first kappa shape index (κ1) is 16.1. The first-order valence-corrected chi connectivity index (χ1v) is 7.89. The maximum absolute atomic E-state index is 12.3. The molecule has 7 heteroatoms. The highest BCUT2D eigenvalue weighted by Crippen LogP contribution is 2.24. The summed E-state index contributed by atoms with van der Waals surface area (Å²) in [6.07, 6.45) is -0.0737. The van der Waals surface area contributed by atoms with Crippen LogP contribution >= 0.6 is 15.9 Å². The summed E-state index contributed by atoms with van der Waals surface area (Å²) in [4.78, 5) is 11.1. The Morgan fingerprint density at radius 2 is 2.00 bits per heavy atom. The molecule has 1 aromatic rings. The van der Waals surface area contributed by atoms with E-state index >= 15 is 0 Å². The Hall–Kier alpha value is -0.920. The average Bonchev–Trinajstić information content (AvgIpc) is 2.11. The van der Waals surface area contributed by atoms with Gasteiger partial charge < -0.3 is 5.73 Å². The molecule has 19 heavy (non-hydrogen) atoms. The molecule has 0 atom stereocenters. The van der Waals surface area contributed by atoms with Crippen LogP contribution in [0.25, 0.3) is 0 Å². The SMILES string of the molecule is Cc1ccc(S(=O)(=O)NC(C)(C)CC(N)=O)c(Br)c1. The van der Waals surface area contributed by atoms with Gasteiger partial charge in [0.25, 0.3) is 0 Å². The quantitative estimate of drug-likeness (QED) is 0.848. The molecule has 3 N–H and O–H groups in total. The van der Waals surface area contributed by atoms with Crippen LogP contribution in [0.1, 0.15) is 25.8 Å². The Kier molecular flexibility index (Phi) is 4.76. The molecule has 0 saturated heterocycles. The molecule has 106 valence electrons. The third-order valence-corrected chi connectivity index (χ3v) is 5.08. The third-order valence-electron chi connectivity index (χ3n) is 2.40. The van der Waals surface area contributed by atoms with Crippen molar-refractivity contribution in [3.05, 3.63) is 28.2 Å². The van der Waals surface area contributed by atoms with Gasteiger partial charge in [-0.25, -0.2) is 13.1 Å². The summed E-state index contributed by atoms with van der Waals surface area (Å²) in [5.74, 6) is -0.560. The molecule has 1 amide bonds. The highest BCUT2D eigenvalue weighted by Gasteiger charge is 2.29. The third kappa shape index (κ3) is 4.59. The van der Waals surface area contributed by atoms with Crippen LogP contribution in [-0.4, -0.2) is 19.9 Å². The number of carbonyl (C=O) groups excluding carboxylic acids is 1. The molecule has 0 saturated carbocycles. The molecule has 0 bridgehead atoms. The molecule has 0 fully saturated rings. The lowest BCUT2D eigenvalue weighted by Crippen LogP contribution is -2.45. The van der Waals surface area contributed by atoms with Crippen molar-refractivity contribution >= 4 is 31.9 Å². The van der Waals surface area contributed by atoms with Crippen LogP contribution in [0.4, 0.5) is 0 Å². The molecule has 0 aromatic heterocycles. The van der Waals surface area contributed by atoms with Gasteiger partial charge in [-0.3, -0.25) is 4.79 Å². The zero-order valence-corrected chi connectivity index (χ0v) is 13.4. The van der Waals surface area contributed by atoms with Crippen molar-refractivity contribution in [2.45, 2.75) is 37.6 Å². The van der Waals surface area contributed by atoms with Crippen molar-refractivity contribution in [1.29, 1.82) is 0 Å². The Morgan fingerprint density at radius 1 is 1.42 bits per heavy atom. The van der Waals surface area contributed by atoms with Crippen molar-refractivity contribution < 1.29 is 13.2 Å². The van der Waals surface area contributed by atoms with Crippen LogP contribution in [0, 0.1) is 6.92 Å². The van der Waals surface area contributed by atoms with Crippen molar-refractivity contribution in [3.63, 3.8) is 0 Å². The van der Waals surface area contributed by atoms with E-state index in [1.807, 2.05) is 6.92 Å². The van der Waals surface area contributed by atoms with E-state index in [-0.39, 0.29) is 11.3 Å². The van der Waals surface area contributed by atoms with E-state index in [1.54, 1.807) is 26.0 Å². The number of primary amides is 1. The minimum atomic E-state index is -3.72. The second-order valence-electron chi connectivity index (χ2n) is 5.07. The largest absolute Gasteiger partial charge is 0.370 e. The lowest BCUT2D eigenvalue weighted by molar-refractivity contribution is -0.119. The smallest absolute Gasteiger partial charge is 0.242 e. The van der Waals surface area contributed by atoms with Gasteiger partial charge in [0.2, 0.25) is 15.9 Å². The first-order valence-electron chi connectivity index (χ1n) is 5.62. The van der Waals surface area contributed by atoms with Gasteiger partial charge >= 0.3 is 0 Å². The molecule has 0 aliphatic rings. The summed E-state index contributed by atoms with van der Waals surface area (Å²) >= 11 is 3.23. The van der Waals surface area contributed by atoms with E-state index in [2.05, 4.69) is 20.7 Å². The monoisotopic (exact) mass is 348 g/mol. The van der Waals surface area contributed by atoms with Gasteiger partial charge in [-0.2, -0.15) is 0 Å². The molecule has 0 spiro atoms. The zero-order valence-electron chi connectivity index (χ0n) is 11.0. The van der Waals surface area contributed by atoms with Crippen LogP contribution in [0.2, 0.25) is 0 Å². The van der Waals surface area contributed by atoms with Gasteiger partial charge in [0.15, 0.2) is 0 Å². The summed E-state index contributed by atoms with van der Waals surface area (Å²) in [6.45, 7) is 5.08. The molecule has 1 rings (SSSR count). The number of halogens is 1. The zero-order chi connectivity index (χ0) is 14.8. The van der Waals surface area contributed by atoms with Gasteiger partial charge in [-0.05, 0) is 54.4 Å². The molecule has 0 radical (unpaired) electrons. The maximum atomic E-state index is 12.3. The summed E-state index contributed by atoms with van der Waals surface area (Å²) < 4.78 is 27.5. The highest BCUT2D eigenvalue weighted by molar-refractivity contribution is 9.10. The van der Waals surface area contributed by atoms with E-state index in [0.717, 1.165) is 5.56 Å². The predicted octanol–water partition coefficient (Wildman–Crippen LogP) is 1.69. The molecule has 0 unspecified atom stereocenters. The van der Waals surface area contributed by atoms with Crippen molar-refractivity contribution in [3.8, 4) is 0 Å². The topological polar surface area (TPSA) is 89.3 Å². The molecule has 0 aliphatic heterocycles. The summed E-state index contributed by atoms with van der Waals surface area (Å²) in [5.41, 5.74) is 5.11. The fourth-order valence-corrected chi connectivity index (χ4v) is 4.32. The number of rotatable bonds is 5. The summed E-state index contributed by atoms with van der Waals surface area (Å²) in [6, 6.07) is 4.94. The van der Waals surface area contributed by atoms with Crippen molar-refractivity contribution in [2.24, 2.45) is 5.73 Å². The Morgan fingerprint density at radius 3 is 2.47 bits per heavy atom. The minimum absolute atomic E-state index is 0.0737. The predicted molar refractivity (Wildman–Crippen MR) is 77.1 cm³/mol. The molecule has 0 heterocycles.